The average molecular weight is 343 g/mol. The minimum atomic E-state index is -0.730. The van der Waals surface area contributed by atoms with Crippen molar-refractivity contribution in [1.82, 2.24) is 0 Å². The van der Waals surface area contributed by atoms with Crippen molar-refractivity contribution in [2.75, 3.05) is 6.61 Å². The third kappa shape index (κ3) is 4.26. The first-order valence-electron chi connectivity index (χ1n) is 8.69. The Balaban J connectivity index is 2.50. The molecular weight excluding hydrogens is 317 g/mol. The van der Waals surface area contributed by atoms with Crippen molar-refractivity contribution >= 4 is 5.97 Å². The second kappa shape index (κ2) is 8.26. The number of halogens is 1. The summed E-state index contributed by atoms with van der Waals surface area (Å²) in [5, 5.41) is 0. The SMILES string of the molecule is CCOC(=O)CC(N)c1cc(-c2c(C)cccc2CC)cc(C)c1F. The molecule has 4 heteroatoms. The highest BCUT2D eigenvalue weighted by atomic mass is 19.1. The molecule has 0 saturated heterocycles. The van der Waals surface area contributed by atoms with Gasteiger partial charge >= 0.3 is 5.97 Å². The molecular formula is C21H26FNO2. The van der Waals surface area contributed by atoms with E-state index >= 15 is 0 Å². The van der Waals surface area contributed by atoms with Crippen molar-refractivity contribution in [2.45, 2.75) is 46.6 Å². The minimum Gasteiger partial charge on any atom is -0.466 e. The van der Waals surface area contributed by atoms with Gasteiger partial charge in [-0.25, -0.2) is 4.39 Å². The van der Waals surface area contributed by atoms with Crippen LogP contribution in [0.5, 0.6) is 0 Å². The number of hydrogen-bond acceptors (Lipinski definition) is 3. The van der Waals surface area contributed by atoms with Gasteiger partial charge in [-0.15, -0.1) is 0 Å². The monoisotopic (exact) mass is 343 g/mol. The van der Waals surface area contributed by atoms with Crippen LogP contribution in [0.2, 0.25) is 0 Å². The molecule has 134 valence electrons. The van der Waals surface area contributed by atoms with Gasteiger partial charge in [0, 0.05) is 11.6 Å². The van der Waals surface area contributed by atoms with E-state index in [4.69, 9.17) is 10.5 Å². The second-order valence-corrected chi connectivity index (χ2v) is 6.27. The van der Waals surface area contributed by atoms with Crippen molar-refractivity contribution in [3.63, 3.8) is 0 Å². The molecule has 0 aliphatic carbocycles. The first-order chi connectivity index (χ1) is 11.9. The summed E-state index contributed by atoms with van der Waals surface area (Å²) >= 11 is 0. The summed E-state index contributed by atoms with van der Waals surface area (Å²) < 4.78 is 19.6. The van der Waals surface area contributed by atoms with Crippen LogP contribution in [0.15, 0.2) is 30.3 Å². The minimum absolute atomic E-state index is 0.0396. The number of carbonyl (C=O) groups excluding carboxylic acids is 1. The molecule has 2 aromatic carbocycles. The van der Waals surface area contributed by atoms with E-state index in [0.29, 0.717) is 11.1 Å². The van der Waals surface area contributed by atoms with Crippen LogP contribution in [0.3, 0.4) is 0 Å². The Bertz CT molecular complexity index is 771. The maximum absolute atomic E-state index is 14.6. The van der Waals surface area contributed by atoms with Gasteiger partial charge in [0.25, 0.3) is 0 Å². The van der Waals surface area contributed by atoms with Crippen LogP contribution in [0.25, 0.3) is 11.1 Å². The molecule has 1 atom stereocenters. The van der Waals surface area contributed by atoms with Crippen molar-refractivity contribution < 1.29 is 13.9 Å². The lowest BCUT2D eigenvalue weighted by atomic mass is 9.89. The molecule has 3 nitrogen and oxygen atoms in total. The number of benzene rings is 2. The smallest absolute Gasteiger partial charge is 0.307 e. The van der Waals surface area contributed by atoms with E-state index in [2.05, 4.69) is 13.0 Å². The number of ether oxygens (including phenoxy) is 1. The lowest BCUT2D eigenvalue weighted by Crippen LogP contribution is -2.19. The Morgan fingerprint density at radius 3 is 2.56 bits per heavy atom. The molecule has 2 rings (SSSR count). The van der Waals surface area contributed by atoms with Crippen LogP contribution in [-0.2, 0) is 16.0 Å². The third-order valence-electron chi connectivity index (χ3n) is 4.40. The molecule has 1 unspecified atom stereocenters. The second-order valence-electron chi connectivity index (χ2n) is 6.27. The van der Waals surface area contributed by atoms with Gasteiger partial charge in [0.2, 0.25) is 0 Å². The first-order valence-corrected chi connectivity index (χ1v) is 8.69. The van der Waals surface area contributed by atoms with Gasteiger partial charge in [0.15, 0.2) is 0 Å². The molecule has 25 heavy (non-hydrogen) atoms. The molecule has 2 N–H and O–H groups in total. The largest absolute Gasteiger partial charge is 0.466 e. The fraction of sp³-hybridized carbons (Fsp3) is 0.381. The topological polar surface area (TPSA) is 52.3 Å². The fourth-order valence-corrected chi connectivity index (χ4v) is 3.16. The number of rotatable bonds is 6. The van der Waals surface area contributed by atoms with Crippen LogP contribution >= 0.6 is 0 Å². The van der Waals surface area contributed by atoms with E-state index in [-0.39, 0.29) is 18.8 Å². The normalized spacial score (nSPS) is 12.1. The molecule has 0 bridgehead atoms. The summed E-state index contributed by atoms with van der Waals surface area (Å²) in [5.41, 5.74) is 11.4. The zero-order valence-electron chi connectivity index (χ0n) is 15.4. The average Bonchev–Trinajstić information content (AvgIpc) is 2.57. The van der Waals surface area contributed by atoms with Crippen LogP contribution in [0.1, 0.15) is 48.6 Å². The standard InChI is InChI=1S/C21H26FNO2/c1-5-15-9-7-8-13(3)20(15)16-10-14(4)21(22)17(11-16)18(23)12-19(24)25-6-2/h7-11,18H,5-6,12,23H2,1-4H3. The lowest BCUT2D eigenvalue weighted by Gasteiger charge is -2.18. The van der Waals surface area contributed by atoms with Gasteiger partial charge in [-0.2, -0.15) is 0 Å². The summed E-state index contributed by atoms with van der Waals surface area (Å²) in [4.78, 5) is 11.7. The number of esters is 1. The molecule has 0 spiro atoms. The molecule has 0 aliphatic heterocycles. The van der Waals surface area contributed by atoms with Gasteiger partial charge in [-0.05, 0) is 67.1 Å². The molecule has 0 heterocycles. The number of carbonyl (C=O) groups is 1. The highest BCUT2D eigenvalue weighted by molar-refractivity contribution is 5.73. The summed E-state index contributed by atoms with van der Waals surface area (Å²) in [6.45, 7) is 7.90. The third-order valence-corrected chi connectivity index (χ3v) is 4.40. The van der Waals surface area contributed by atoms with Crippen molar-refractivity contribution in [1.29, 1.82) is 0 Å². The van der Waals surface area contributed by atoms with Crippen LogP contribution in [0, 0.1) is 19.7 Å². The summed E-state index contributed by atoms with van der Waals surface area (Å²) in [6.07, 6.45) is 0.847. The predicted octanol–water partition coefficient (Wildman–Crippen LogP) is 4.62. The lowest BCUT2D eigenvalue weighted by molar-refractivity contribution is -0.143. The molecule has 0 amide bonds. The van der Waals surface area contributed by atoms with Gasteiger partial charge in [0.05, 0.1) is 13.0 Å². The number of nitrogens with two attached hydrogens (primary N) is 1. The first kappa shape index (κ1) is 19.1. The van der Waals surface area contributed by atoms with E-state index in [1.165, 1.54) is 5.56 Å². The zero-order valence-corrected chi connectivity index (χ0v) is 15.4. The van der Waals surface area contributed by atoms with Gasteiger partial charge in [-0.1, -0.05) is 25.1 Å². The summed E-state index contributed by atoms with van der Waals surface area (Å²) in [7, 11) is 0. The van der Waals surface area contributed by atoms with Crippen LogP contribution in [0.4, 0.5) is 4.39 Å². The Morgan fingerprint density at radius 1 is 1.20 bits per heavy atom. The number of aryl methyl sites for hydroxylation is 3. The van der Waals surface area contributed by atoms with Crippen LogP contribution < -0.4 is 5.73 Å². The summed E-state index contributed by atoms with van der Waals surface area (Å²) in [6, 6.07) is 9.05. The molecule has 0 saturated carbocycles. The maximum Gasteiger partial charge on any atom is 0.307 e. The highest BCUT2D eigenvalue weighted by Crippen LogP contribution is 2.33. The quantitative estimate of drug-likeness (QED) is 0.778. The van der Waals surface area contributed by atoms with E-state index in [1.54, 1.807) is 19.9 Å². The Labute approximate surface area is 149 Å². The fourth-order valence-electron chi connectivity index (χ4n) is 3.16. The number of hydrogen-bond donors (Lipinski definition) is 1. The molecule has 0 radical (unpaired) electrons. The van der Waals surface area contributed by atoms with Gasteiger partial charge in [0.1, 0.15) is 5.82 Å². The maximum atomic E-state index is 14.6. The zero-order chi connectivity index (χ0) is 18.6. The summed E-state index contributed by atoms with van der Waals surface area (Å²) in [5.74, 6) is -0.769. The van der Waals surface area contributed by atoms with E-state index in [0.717, 1.165) is 23.1 Å². The Hall–Kier alpha value is -2.20. The van der Waals surface area contributed by atoms with Gasteiger partial charge in [-0.3, -0.25) is 4.79 Å². The molecule has 2 aromatic rings. The molecule has 0 fully saturated rings. The molecule has 0 aliphatic rings. The van der Waals surface area contributed by atoms with Crippen molar-refractivity contribution in [3.05, 3.63) is 58.4 Å². The molecule has 0 aromatic heterocycles. The van der Waals surface area contributed by atoms with E-state index in [9.17, 15) is 9.18 Å². The van der Waals surface area contributed by atoms with E-state index in [1.807, 2.05) is 25.1 Å². The predicted molar refractivity (Wildman–Crippen MR) is 98.9 cm³/mol. The Morgan fingerprint density at radius 2 is 1.92 bits per heavy atom. The Kier molecular flexibility index (Phi) is 6.32. The highest BCUT2D eigenvalue weighted by Gasteiger charge is 2.20. The van der Waals surface area contributed by atoms with Crippen molar-refractivity contribution in [2.24, 2.45) is 5.73 Å². The van der Waals surface area contributed by atoms with Gasteiger partial charge < -0.3 is 10.5 Å². The van der Waals surface area contributed by atoms with Crippen molar-refractivity contribution in [3.8, 4) is 11.1 Å². The van der Waals surface area contributed by atoms with E-state index < -0.39 is 12.0 Å². The van der Waals surface area contributed by atoms with Crippen LogP contribution in [-0.4, -0.2) is 12.6 Å².